The first kappa shape index (κ1) is 25.9. The second kappa shape index (κ2) is 14.0. The molecule has 1 aromatic rings. The number of rotatable bonds is 14. The van der Waals surface area contributed by atoms with E-state index in [-0.39, 0.29) is 0 Å². The Morgan fingerprint density at radius 3 is 1.00 bits per heavy atom. The summed E-state index contributed by atoms with van der Waals surface area (Å²) in [7, 11) is -1.10. The van der Waals surface area contributed by atoms with Crippen LogP contribution in [0.1, 0.15) is 55.4 Å². The monoisotopic (exact) mass is 427 g/mol. The maximum Gasteiger partial charge on any atom is 0.0946 e. The van der Waals surface area contributed by atoms with Crippen molar-refractivity contribution in [3.63, 3.8) is 0 Å². The molecule has 28 heavy (non-hydrogen) atoms. The van der Waals surface area contributed by atoms with Gasteiger partial charge in [-0.05, 0) is 12.1 Å². The van der Waals surface area contributed by atoms with E-state index in [0.29, 0.717) is 0 Å². The predicted molar refractivity (Wildman–Crippen MR) is 129 cm³/mol. The fourth-order valence-corrected chi connectivity index (χ4v) is 8.47. The van der Waals surface area contributed by atoms with Gasteiger partial charge in [0.05, 0.1) is 27.3 Å². The van der Waals surface area contributed by atoms with Gasteiger partial charge in [0.2, 0.25) is 0 Å². The zero-order valence-corrected chi connectivity index (χ0v) is 21.3. The normalized spacial score (nSPS) is 12.5. The van der Waals surface area contributed by atoms with Gasteiger partial charge in [-0.2, -0.15) is 0 Å². The molecule has 0 fully saturated rings. The average molecular weight is 428 g/mol. The summed E-state index contributed by atoms with van der Waals surface area (Å²) in [6.07, 6.45) is 0. The second-order valence-electron chi connectivity index (χ2n) is 6.49. The van der Waals surface area contributed by atoms with Gasteiger partial charge in [0.15, 0.2) is 0 Å². The van der Waals surface area contributed by atoms with Gasteiger partial charge in [-0.1, -0.05) is 61.5 Å². The molecule has 1 rings (SSSR count). The predicted octanol–water partition coefficient (Wildman–Crippen LogP) is 4.32. The van der Waals surface area contributed by atoms with Crippen LogP contribution in [-0.2, 0) is 0 Å². The Bertz CT molecular complexity index is 462. The number of aromatic nitrogens is 1. The molecule has 0 aromatic carbocycles. The quantitative estimate of drug-likeness (QED) is 0.412. The molecule has 0 radical (unpaired) electrons. The van der Waals surface area contributed by atoms with Crippen molar-refractivity contribution >= 4 is 27.3 Å². The second-order valence-corrected chi connectivity index (χ2v) is 10.8. The summed E-state index contributed by atoms with van der Waals surface area (Å²) in [6, 6.07) is 6.75. The van der Waals surface area contributed by atoms with E-state index in [2.05, 4.69) is 92.3 Å². The molecule has 1 aromatic heterocycles. The van der Waals surface area contributed by atoms with Crippen LogP contribution < -0.4 is 10.9 Å². The number of nitrogens with zero attached hydrogens (tertiary/aromatic N) is 5. The van der Waals surface area contributed by atoms with Crippen molar-refractivity contribution in [2.45, 2.75) is 55.4 Å². The Hall–Kier alpha value is -0.150. The Morgan fingerprint density at radius 1 is 0.536 bits per heavy atom. The molecule has 0 spiro atoms. The first-order valence-electron chi connectivity index (χ1n) is 11.1. The third-order valence-electron chi connectivity index (χ3n) is 5.12. The maximum absolute atomic E-state index is 5.33. The molecular weight excluding hydrogens is 384 g/mol. The van der Waals surface area contributed by atoms with Crippen LogP contribution in [0, 0.1) is 0 Å². The molecule has 0 aliphatic heterocycles. The van der Waals surface area contributed by atoms with E-state index in [1.54, 1.807) is 0 Å². The molecule has 0 bridgehead atoms. The third-order valence-corrected chi connectivity index (χ3v) is 10.8. The molecule has 162 valence electrons. The summed E-state index contributed by atoms with van der Waals surface area (Å²) in [4.78, 5) is 5.33. The number of hydrogen-bond acceptors (Lipinski definition) is 5. The van der Waals surface area contributed by atoms with Crippen molar-refractivity contribution in [1.29, 1.82) is 0 Å². The zero-order chi connectivity index (χ0) is 21.1. The molecular formula is C21H43N5P2. The van der Waals surface area contributed by atoms with Crippen LogP contribution >= 0.6 is 16.4 Å². The lowest BCUT2D eigenvalue weighted by molar-refractivity contribution is 0.428. The van der Waals surface area contributed by atoms with Crippen LogP contribution in [0.3, 0.4) is 0 Å². The van der Waals surface area contributed by atoms with Gasteiger partial charge in [0, 0.05) is 52.4 Å². The Kier molecular flexibility index (Phi) is 12.9. The number of pyridine rings is 1. The summed E-state index contributed by atoms with van der Waals surface area (Å²) in [6.45, 7) is 26.6. The number of hydrogen-bond donors (Lipinski definition) is 0. The van der Waals surface area contributed by atoms with E-state index < -0.39 is 16.4 Å². The van der Waals surface area contributed by atoms with Crippen molar-refractivity contribution in [3.05, 3.63) is 18.2 Å². The van der Waals surface area contributed by atoms with E-state index in [4.69, 9.17) is 4.98 Å². The lowest BCUT2D eigenvalue weighted by atomic mass is 10.5. The molecule has 1 heterocycles. The van der Waals surface area contributed by atoms with Gasteiger partial charge < -0.3 is 0 Å². The standard InChI is InChI=1S/C21H43N5P2/c1-9-23(10-2)27(24(11-3)12-4)20-18-17-19-21(22-20)28(25(13-5)14-6)26(15-7)16-8/h17-19H,9-16H2,1-8H3. The Morgan fingerprint density at radius 2 is 0.786 bits per heavy atom. The Labute approximate surface area is 177 Å². The zero-order valence-electron chi connectivity index (χ0n) is 19.5. The molecule has 5 nitrogen and oxygen atoms in total. The molecule has 0 amide bonds. The van der Waals surface area contributed by atoms with Gasteiger partial charge >= 0.3 is 0 Å². The van der Waals surface area contributed by atoms with Gasteiger partial charge in [-0.3, -0.25) is 18.7 Å². The Balaban J connectivity index is 3.44. The molecule has 0 unspecified atom stereocenters. The summed E-state index contributed by atoms with van der Waals surface area (Å²) in [5.74, 6) is 0. The summed E-state index contributed by atoms with van der Waals surface area (Å²) in [5, 5.41) is 0. The summed E-state index contributed by atoms with van der Waals surface area (Å²) >= 11 is 0. The minimum atomic E-state index is -0.551. The molecule has 0 saturated heterocycles. The highest BCUT2D eigenvalue weighted by Crippen LogP contribution is 2.44. The van der Waals surface area contributed by atoms with E-state index in [1.807, 2.05) is 0 Å². The molecule has 7 heteroatoms. The lowest BCUT2D eigenvalue weighted by Crippen LogP contribution is -2.39. The lowest BCUT2D eigenvalue weighted by Gasteiger charge is -2.39. The smallest absolute Gasteiger partial charge is 0.0946 e. The minimum Gasteiger partial charge on any atom is -0.266 e. The van der Waals surface area contributed by atoms with E-state index in [9.17, 15) is 0 Å². The van der Waals surface area contributed by atoms with Crippen molar-refractivity contribution in [2.24, 2.45) is 0 Å². The van der Waals surface area contributed by atoms with Gasteiger partial charge in [-0.25, -0.2) is 4.98 Å². The van der Waals surface area contributed by atoms with Crippen molar-refractivity contribution < 1.29 is 0 Å². The first-order chi connectivity index (χ1) is 13.6. The topological polar surface area (TPSA) is 25.9 Å². The molecule has 0 atom stereocenters. The summed E-state index contributed by atoms with van der Waals surface area (Å²) in [5.41, 5.74) is 2.51. The van der Waals surface area contributed by atoms with Crippen molar-refractivity contribution in [1.82, 2.24) is 23.7 Å². The van der Waals surface area contributed by atoms with Gasteiger partial charge in [0.1, 0.15) is 0 Å². The molecule has 0 N–H and O–H groups in total. The average Bonchev–Trinajstić information content (AvgIpc) is 2.74. The van der Waals surface area contributed by atoms with Crippen LogP contribution in [0.5, 0.6) is 0 Å². The molecule has 0 aliphatic rings. The van der Waals surface area contributed by atoms with Gasteiger partial charge in [0.25, 0.3) is 0 Å². The van der Waals surface area contributed by atoms with Crippen LogP contribution in [0.25, 0.3) is 0 Å². The highest BCUT2D eigenvalue weighted by molar-refractivity contribution is 7.62. The fourth-order valence-electron chi connectivity index (χ4n) is 3.54. The first-order valence-corrected chi connectivity index (χ1v) is 13.6. The molecule has 0 aliphatic carbocycles. The van der Waals surface area contributed by atoms with Crippen molar-refractivity contribution in [2.75, 3.05) is 52.4 Å². The van der Waals surface area contributed by atoms with E-state index in [0.717, 1.165) is 52.4 Å². The van der Waals surface area contributed by atoms with Gasteiger partial charge in [-0.15, -0.1) is 0 Å². The highest BCUT2D eigenvalue weighted by atomic mass is 31.1. The van der Waals surface area contributed by atoms with E-state index in [1.165, 1.54) is 10.9 Å². The SMILES string of the molecule is CCN(CC)P(c1cccc(P(N(CC)CC)N(CC)CC)n1)N(CC)CC. The minimum absolute atomic E-state index is 0.551. The van der Waals surface area contributed by atoms with Crippen LogP contribution in [0.4, 0.5) is 0 Å². The third kappa shape index (κ3) is 6.42. The van der Waals surface area contributed by atoms with Crippen LogP contribution in [0.15, 0.2) is 18.2 Å². The molecule has 0 saturated carbocycles. The van der Waals surface area contributed by atoms with Crippen molar-refractivity contribution in [3.8, 4) is 0 Å². The fraction of sp³-hybridized carbons (Fsp3) is 0.762. The van der Waals surface area contributed by atoms with Crippen LogP contribution in [-0.4, -0.2) is 76.0 Å². The largest absolute Gasteiger partial charge is 0.266 e. The van der Waals surface area contributed by atoms with Crippen LogP contribution in [0.2, 0.25) is 0 Å². The maximum atomic E-state index is 5.33. The summed E-state index contributed by atoms with van der Waals surface area (Å²) < 4.78 is 10.4. The highest BCUT2D eigenvalue weighted by Gasteiger charge is 2.29. The van der Waals surface area contributed by atoms with E-state index >= 15 is 0 Å².